The average Bonchev–Trinajstić information content (AvgIpc) is 2.43. The molecule has 0 fully saturated rings. The highest BCUT2D eigenvalue weighted by Gasteiger charge is 2.26. The highest BCUT2D eigenvalue weighted by Crippen LogP contribution is 2.34. The fraction of sp³-hybridized carbons (Fsp3) is 0.333. The van der Waals surface area contributed by atoms with Crippen LogP contribution in [0.3, 0.4) is 0 Å². The number of rotatable bonds is 6. The lowest BCUT2D eigenvalue weighted by Gasteiger charge is -2.16. The van der Waals surface area contributed by atoms with E-state index in [2.05, 4.69) is 0 Å². The van der Waals surface area contributed by atoms with Gasteiger partial charge in [-0.3, -0.25) is 19.7 Å². The summed E-state index contributed by atoms with van der Waals surface area (Å²) >= 11 is 1.26. The normalized spacial score (nSPS) is 10.0. The minimum atomic E-state index is -1.20. The fourth-order valence-electron chi connectivity index (χ4n) is 1.67. The first-order chi connectivity index (χ1) is 9.81. The largest absolute Gasteiger partial charge is 0.495 e. The number of nitro groups is 1. The molecule has 1 N–H and O–H groups in total. The molecule has 1 amide bonds. The molecule has 0 aliphatic rings. The van der Waals surface area contributed by atoms with Crippen molar-refractivity contribution in [3.63, 3.8) is 0 Å². The van der Waals surface area contributed by atoms with Crippen LogP contribution in [0.2, 0.25) is 0 Å². The second kappa shape index (κ2) is 6.93. The number of aliphatic carboxylic acids is 1. The second-order valence-corrected chi connectivity index (χ2v) is 4.88. The van der Waals surface area contributed by atoms with Gasteiger partial charge < -0.3 is 14.7 Å². The van der Waals surface area contributed by atoms with E-state index in [-0.39, 0.29) is 11.3 Å². The van der Waals surface area contributed by atoms with Crippen LogP contribution in [-0.4, -0.2) is 53.8 Å². The number of nitrogens with zero attached hydrogens (tertiary/aromatic N) is 2. The van der Waals surface area contributed by atoms with Gasteiger partial charge >= 0.3 is 5.97 Å². The van der Waals surface area contributed by atoms with Crippen LogP contribution in [0.4, 0.5) is 5.69 Å². The molecule has 114 valence electrons. The second-order valence-electron chi connectivity index (χ2n) is 4.04. The van der Waals surface area contributed by atoms with Crippen molar-refractivity contribution in [1.29, 1.82) is 0 Å². The Morgan fingerprint density at radius 2 is 2.10 bits per heavy atom. The molecule has 8 nitrogen and oxygen atoms in total. The Labute approximate surface area is 124 Å². The van der Waals surface area contributed by atoms with Crippen molar-refractivity contribution in [3.8, 4) is 5.75 Å². The van der Waals surface area contributed by atoms with Crippen LogP contribution in [0, 0.1) is 10.1 Å². The Balaban J connectivity index is 3.35. The van der Waals surface area contributed by atoms with Gasteiger partial charge in [0.25, 0.3) is 11.6 Å². The molecule has 1 rings (SSSR count). The summed E-state index contributed by atoms with van der Waals surface area (Å²) in [6, 6.07) is 2.50. The number of benzene rings is 1. The summed E-state index contributed by atoms with van der Waals surface area (Å²) in [7, 11) is 2.64. The highest BCUT2D eigenvalue weighted by molar-refractivity contribution is 7.98. The minimum absolute atomic E-state index is 0.172. The number of likely N-dealkylation sites (N-methyl/N-ethyl adjacent to an activating group) is 1. The van der Waals surface area contributed by atoms with E-state index in [0.29, 0.717) is 4.90 Å². The molecule has 0 aliphatic carbocycles. The maximum absolute atomic E-state index is 12.2. The SMILES string of the molecule is COc1cc([N+](=O)[O-])c(C(=O)N(C)CC(=O)O)cc1SC. The van der Waals surface area contributed by atoms with E-state index in [1.807, 2.05) is 0 Å². The number of thioether (sulfide) groups is 1. The predicted molar refractivity (Wildman–Crippen MR) is 76.0 cm³/mol. The van der Waals surface area contributed by atoms with Crippen LogP contribution in [0.15, 0.2) is 17.0 Å². The van der Waals surface area contributed by atoms with Gasteiger partial charge in [-0.25, -0.2) is 0 Å². The molecule has 1 aromatic carbocycles. The van der Waals surface area contributed by atoms with Crippen molar-refractivity contribution in [1.82, 2.24) is 4.90 Å². The molecule has 0 unspecified atom stereocenters. The number of carbonyl (C=O) groups excluding carboxylic acids is 1. The van der Waals surface area contributed by atoms with E-state index in [1.165, 1.54) is 32.0 Å². The number of methoxy groups -OCH3 is 1. The predicted octanol–water partition coefficient (Wildman–Crippen LogP) is 1.48. The lowest BCUT2D eigenvalue weighted by molar-refractivity contribution is -0.385. The van der Waals surface area contributed by atoms with Crippen molar-refractivity contribution in [2.45, 2.75) is 4.90 Å². The molecular formula is C12H14N2O6S. The minimum Gasteiger partial charge on any atom is -0.495 e. The van der Waals surface area contributed by atoms with Crippen molar-refractivity contribution in [2.24, 2.45) is 0 Å². The Morgan fingerprint density at radius 3 is 2.52 bits per heavy atom. The molecule has 0 saturated heterocycles. The third-order valence-electron chi connectivity index (χ3n) is 2.65. The molecular weight excluding hydrogens is 300 g/mol. The standard InChI is InChI=1S/C12H14N2O6S/c1-13(6-11(15)16)12(17)7-4-10(21-3)9(20-2)5-8(7)14(18)19/h4-5H,6H2,1-3H3,(H,15,16). The molecule has 0 radical (unpaired) electrons. The molecule has 0 atom stereocenters. The van der Waals surface area contributed by atoms with Crippen molar-refractivity contribution in [3.05, 3.63) is 27.8 Å². The fourth-order valence-corrected chi connectivity index (χ4v) is 2.25. The van der Waals surface area contributed by atoms with Crippen LogP contribution >= 0.6 is 11.8 Å². The highest BCUT2D eigenvalue weighted by atomic mass is 32.2. The van der Waals surface area contributed by atoms with E-state index in [0.717, 1.165) is 11.0 Å². The molecule has 21 heavy (non-hydrogen) atoms. The zero-order valence-corrected chi connectivity index (χ0v) is 12.5. The van der Waals surface area contributed by atoms with Crippen molar-refractivity contribution in [2.75, 3.05) is 27.0 Å². The molecule has 9 heteroatoms. The molecule has 0 saturated carbocycles. The molecule has 0 heterocycles. The number of ether oxygens (including phenoxy) is 1. The Hall–Kier alpha value is -2.29. The van der Waals surface area contributed by atoms with Gasteiger partial charge in [0.2, 0.25) is 0 Å². The summed E-state index contributed by atoms with van der Waals surface area (Å²) in [5.74, 6) is -1.65. The van der Waals surface area contributed by atoms with Crippen molar-refractivity contribution < 1.29 is 24.4 Å². The monoisotopic (exact) mass is 314 g/mol. The zero-order valence-electron chi connectivity index (χ0n) is 11.7. The van der Waals surface area contributed by atoms with Crippen molar-refractivity contribution >= 4 is 29.3 Å². The van der Waals surface area contributed by atoms with Crippen LogP contribution in [-0.2, 0) is 4.79 Å². The third kappa shape index (κ3) is 3.85. The topological polar surface area (TPSA) is 110 Å². The van der Waals surface area contributed by atoms with Crippen LogP contribution in [0.5, 0.6) is 5.75 Å². The summed E-state index contributed by atoms with van der Waals surface area (Å²) in [5.41, 5.74) is -0.596. The number of amides is 1. The number of nitro benzene ring substituents is 1. The first-order valence-electron chi connectivity index (χ1n) is 5.69. The lowest BCUT2D eigenvalue weighted by atomic mass is 10.1. The van der Waals surface area contributed by atoms with E-state index < -0.39 is 29.0 Å². The van der Waals surface area contributed by atoms with Crippen LogP contribution in [0.25, 0.3) is 0 Å². The van der Waals surface area contributed by atoms with Gasteiger partial charge in [0.05, 0.1) is 23.0 Å². The first kappa shape index (κ1) is 16.8. The Bertz CT molecular complexity index is 589. The Morgan fingerprint density at radius 1 is 1.48 bits per heavy atom. The lowest BCUT2D eigenvalue weighted by Crippen LogP contribution is -2.32. The number of carboxylic acid groups (broad SMARTS) is 1. The van der Waals surface area contributed by atoms with Gasteiger partial charge in [0, 0.05) is 7.05 Å². The molecule has 0 aliphatic heterocycles. The smallest absolute Gasteiger partial charge is 0.323 e. The summed E-state index contributed by atoms with van der Waals surface area (Å²) in [6.07, 6.45) is 1.74. The van der Waals surface area contributed by atoms with E-state index in [1.54, 1.807) is 6.26 Å². The number of carbonyl (C=O) groups is 2. The van der Waals surface area contributed by atoms with Gasteiger partial charge in [0.15, 0.2) is 0 Å². The van der Waals surface area contributed by atoms with E-state index >= 15 is 0 Å². The number of carboxylic acids is 1. The van der Waals surface area contributed by atoms with E-state index in [4.69, 9.17) is 9.84 Å². The van der Waals surface area contributed by atoms with Gasteiger partial charge in [0.1, 0.15) is 17.9 Å². The average molecular weight is 314 g/mol. The number of hydrogen-bond donors (Lipinski definition) is 1. The van der Waals surface area contributed by atoms with Gasteiger partial charge in [-0.05, 0) is 12.3 Å². The quantitative estimate of drug-likeness (QED) is 0.481. The first-order valence-corrected chi connectivity index (χ1v) is 6.92. The molecule has 0 aromatic heterocycles. The van der Waals surface area contributed by atoms with Crippen LogP contribution < -0.4 is 4.74 Å². The number of hydrogen-bond acceptors (Lipinski definition) is 6. The maximum Gasteiger partial charge on any atom is 0.323 e. The molecule has 0 bridgehead atoms. The Kier molecular flexibility index (Phi) is 5.53. The molecule has 1 aromatic rings. The summed E-state index contributed by atoms with van der Waals surface area (Å²) < 4.78 is 5.04. The third-order valence-corrected chi connectivity index (χ3v) is 3.41. The summed E-state index contributed by atoms with van der Waals surface area (Å²) in [6.45, 7) is -0.545. The summed E-state index contributed by atoms with van der Waals surface area (Å²) in [5, 5.41) is 19.8. The molecule has 0 spiro atoms. The van der Waals surface area contributed by atoms with Crippen LogP contribution in [0.1, 0.15) is 10.4 Å². The van der Waals surface area contributed by atoms with Gasteiger partial charge in [-0.1, -0.05) is 0 Å². The summed E-state index contributed by atoms with van der Waals surface area (Å²) in [4.78, 5) is 34.7. The maximum atomic E-state index is 12.2. The zero-order chi connectivity index (χ0) is 16.2. The van der Waals surface area contributed by atoms with Gasteiger partial charge in [-0.15, -0.1) is 11.8 Å². The van der Waals surface area contributed by atoms with Gasteiger partial charge in [-0.2, -0.15) is 0 Å². The van der Waals surface area contributed by atoms with E-state index in [9.17, 15) is 19.7 Å².